The summed E-state index contributed by atoms with van der Waals surface area (Å²) in [6, 6.07) is 5.35. The van der Waals surface area contributed by atoms with Crippen molar-refractivity contribution in [1.29, 1.82) is 0 Å². The van der Waals surface area contributed by atoms with Gasteiger partial charge in [-0.15, -0.1) is 0 Å². The van der Waals surface area contributed by atoms with Crippen LogP contribution in [-0.2, 0) is 6.42 Å². The van der Waals surface area contributed by atoms with Crippen molar-refractivity contribution >= 4 is 45.8 Å². The molecule has 0 radical (unpaired) electrons. The summed E-state index contributed by atoms with van der Waals surface area (Å²) in [5, 5.41) is 1.01. The van der Waals surface area contributed by atoms with E-state index in [1.165, 1.54) is 0 Å². The molecule has 0 fully saturated rings. The van der Waals surface area contributed by atoms with Crippen LogP contribution in [0.25, 0.3) is 0 Å². The number of aromatic amines is 1. The number of H-pyrrole nitrogens is 1. The molecule has 1 aromatic carbocycles. The van der Waals surface area contributed by atoms with Crippen molar-refractivity contribution in [2.45, 2.75) is 6.42 Å². The second kappa shape index (κ2) is 5.37. The van der Waals surface area contributed by atoms with E-state index in [2.05, 4.69) is 9.97 Å². The maximum absolute atomic E-state index is 11.4. The smallest absolute Gasteiger partial charge is 0.264 e. The number of hydrogen-bond donors (Lipinski definition) is 1. The molecule has 0 saturated carbocycles. The largest absolute Gasteiger partial charge is 0.309 e. The van der Waals surface area contributed by atoms with E-state index in [-0.39, 0.29) is 5.56 Å². The maximum atomic E-state index is 11.4. The highest BCUT2D eigenvalue weighted by Gasteiger charge is 2.03. The molecule has 0 aliphatic rings. The lowest BCUT2D eigenvalue weighted by Gasteiger charge is -2.03. The molecule has 1 N–H and O–H groups in total. The third-order valence-electron chi connectivity index (χ3n) is 2.16. The minimum absolute atomic E-state index is 0.129. The molecule has 0 aliphatic heterocycles. The van der Waals surface area contributed by atoms with E-state index in [9.17, 15) is 4.79 Å². The van der Waals surface area contributed by atoms with Gasteiger partial charge in [-0.1, -0.05) is 29.3 Å². The second-order valence-corrected chi connectivity index (χ2v) is 5.41. The van der Waals surface area contributed by atoms with E-state index >= 15 is 0 Å². The van der Waals surface area contributed by atoms with Crippen LogP contribution in [0.3, 0.4) is 0 Å². The van der Waals surface area contributed by atoms with Crippen LogP contribution in [0.5, 0.6) is 0 Å². The highest BCUT2D eigenvalue weighted by Crippen LogP contribution is 2.23. The van der Waals surface area contributed by atoms with E-state index in [0.29, 0.717) is 25.9 Å². The molecule has 0 amide bonds. The van der Waals surface area contributed by atoms with Gasteiger partial charge >= 0.3 is 0 Å². The van der Waals surface area contributed by atoms with E-state index in [4.69, 9.17) is 23.2 Å². The first kappa shape index (κ1) is 12.9. The Morgan fingerprint density at radius 2 is 2.06 bits per heavy atom. The van der Waals surface area contributed by atoms with Crippen LogP contribution in [0.2, 0.25) is 10.0 Å². The number of nitrogens with one attached hydrogen (secondary N) is 1. The molecule has 0 atom stereocenters. The normalized spacial score (nSPS) is 10.5. The minimum atomic E-state index is -0.129. The predicted octanol–water partition coefficient (Wildman–Crippen LogP) is 3.27. The van der Waals surface area contributed by atoms with Crippen LogP contribution < -0.4 is 5.56 Å². The summed E-state index contributed by atoms with van der Waals surface area (Å²) in [5.74, 6) is 0.605. The monoisotopic (exact) mass is 380 g/mol. The first-order valence-electron chi connectivity index (χ1n) is 4.74. The number of hydrogen-bond acceptors (Lipinski definition) is 2. The molecule has 0 spiro atoms. The van der Waals surface area contributed by atoms with Crippen molar-refractivity contribution in [2.24, 2.45) is 0 Å². The van der Waals surface area contributed by atoms with E-state index in [1.807, 2.05) is 28.7 Å². The molecule has 0 saturated heterocycles. The maximum Gasteiger partial charge on any atom is 0.264 e. The van der Waals surface area contributed by atoms with Gasteiger partial charge in [0.05, 0.1) is 13.6 Å². The highest BCUT2D eigenvalue weighted by atomic mass is 127. The van der Waals surface area contributed by atoms with Gasteiger partial charge in [0.25, 0.3) is 5.56 Å². The van der Waals surface area contributed by atoms with Gasteiger partial charge in [0.1, 0.15) is 5.82 Å². The first-order valence-corrected chi connectivity index (χ1v) is 6.57. The standard InChI is InChI=1S/C11H7Cl2IN2O/c12-7-2-1-6(3-8(7)13)4-10-15-5-9(14)11(17)16-10/h1-3,5H,4H2,(H,15,16,17). The molecule has 0 aliphatic carbocycles. The van der Waals surface area contributed by atoms with E-state index < -0.39 is 0 Å². The third-order valence-corrected chi connectivity index (χ3v) is 3.67. The van der Waals surface area contributed by atoms with Crippen LogP contribution in [0.1, 0.15) is 11.4 Å². The van der Waals surface area contributed by atoms with E-state index in [1.54, 1.807) is 18.3 Å². The lowest BCUT2D eigenvalue weighted by molar-refractivity contribution is 0.937. The highest BCUT2D eigenvalue weighted by molar-refractivity contribution is 14.1. The summed E-state index contributed by atoms with van der Waals surface area (Å²) < 4.78 is 0.570. The molecule has 6 heteroatoms. The molecule has 2 rings (SSSR count). The second-order valence-electron chi connectivity index (χ2n) is 3.43. The van der Waals surface area contributed by atoms with E-state index in [0.717, 1.165) is 5.56 Å². The van der Waals surface area contributed by atoms with Gasteiger partial charge in [-0.25, -0.2) is 4.98 Å². The minimum Gasteiger partial charge on any atom is -0.309 e. The Morgan fingerprint density at radius 3 is 2.71 bits per heavy atom. The number of benzene rings is 1. The Hall–Kier alpha value is -0.590. The summed E-state index contributed by atoms with van der Waals surface area (Å²) in [4.78, 5) is 18.3. The van der Waals surface area contributed by atoms with Gasteiger partial charge in [0.2, 0.25) is 0 Å². The molecule has 88 valence electrons. The molecule has 0 bridgehead atoms. The van der Waals surface area contributed by atoms with Crippen molar-refractivity contribution in [3.05, 3.63) is 59.8 Å². The SMILES string of the molecule is O=c1[nH]c(Cc2ccc(Cl)c(Cl)c2)ncc1I. The van der Waals surface area contributed by atoms with Crippen LogP contribution in [0.15, 0.2) is 29.2 Å². The van der Waals surface area contributed by atoms with Crippen molar-refractivity contribution in [1.82, 2.24) is 9.97 Å². The van der Waals surface area contributed by atoms with Gasteiger partial charge in [0.15, 0.2) is 0 Å². The molecular formula is C11H7Cl2IN2O. The number of aromatic nitrogens is 2. The fourth-order valence-corrected chi connectivity index (χ4v) is 1.94. The van der Waals surface area contributed by atoms with Gasteiger partial charge < -0.3 is 4.98 Å². The first-order chi connectivity index (χ1) is 8.06. The van der Waals surface area contributed by atoms with Gasteiger partial charge in [-0.2, -0.15) is 0 Å². The quantitative estimate of drug-likeness (QED) is 0.812. The Kier molecular flexibility index (Phi) is 4.06. The number of halogens is 3. The summed E-state index contributed by atoms with van der Waals surface area (Å²) in [6.07, 6.45) is 2.06. The average Bonchev–Trinajstić information content (AvgIpc) is 2.29. The van der Waals surface area contributed by atoms with Crippen LogP contribution in [-0.4, -0.2) is 9.97 Å². The zero-order valence-electron chi connectivity index (χ0n) is 8.51. The summed E-state index contributed by atoms with van der Waals surface area (Å²) in [7, 11) is 0. The zero-order valence-corrected chi connectivity index (χ0v) is 12.2. The van der Waals surface area contributed by atoms with Crippen molar-refractivity contribution in [3.63, 3.8) is 0 Å². The van der Waals surface area contributed by atoms with Crippen LogP contribution in [0, 0.1) is 3.57 Å². The number of rotatable bonds is 2. The Balaban J connectivity index is 2.28. The summed E-state index contributed by atoms with van der Waals surface area (Å²) >= 11 is 13.7. The van der Waals surface area contributed by atoms with Crippen molar-refractivity contribution in [3.8, 4) is 0 Å². The zero-order chi connectivity index (χ0) is 12.4. The fourth-order valence-electron chi connectivity index (χ4n) is 1.35. The Bertz CT molecular complexity index is 613. The molecule has 17 heavy (non-hydrogen) atoms. The fraction of sp³-hybridized carbons (Fsp3) is 0.0909. The molecule has 2 aromatic rings. The predicted molar refractivity (Wildman–Crippen MR) is 76.8 cm³/mol. The topological polar surface area (TPSA) is 45.8 Å². The third kappa shape index (κ3) is 3.20. The molecular weight excluding hydrogens is 374 g/mol. The molecule has 0 unspecified atom stereocenters. The lowest BCUT2D eigenvalue weighted by atomic mass is 10.1. The summed E-state index contributed by atoms with van der Waals surface area (Å²) in [6.45, 7) is 0. The molecule has 1 aromatic heterocycles. The lowest BCUT2D eigenvalue weighted by Crippen LogP contribution is -2.13. The summed E-state index contributed by atoms with van der Waals surface area (Å²) in [5.41, 5.74) is 0.819. The molecule has 3 nitrogen and oxygen atoms in total. The average molecular weight is 381 g/mol. The van der Waals surface area contributed by atoms with Gasteiger partial charge in [-0.3, -0.25) is 4.79 Å². The molecule has 1 heterocycles. The van der Waals surface area contributed by atoms with Crippen LogP contribution >= 0.6 is 45.8 Å². The van der Waals surface area contributed by atoms with Gasteiger partial charge in [0, 0.05) is 12.6 Å². The van der Waals surface area contributed by atoms with Crippen LogP contribution in [0.4, 0.5) is 0 Å². The van der Waals surface area contributed by atoms with Gasteiger partial charge in [-0.05, 0) is 40.3 Å². The Labute approximate surface area is 121 Å². The van der Waals surface area contributed by atoms with Crippen molar-refractivity contribution in [2.75, 3.05) is 0 Å². The number of nitrogens with zero attached hydrogens (tertiary/aromatic N) is 1. The van der Waals surface area contributed by atoms with Crippen molar-refractivity contribution < 1.29 is 0 Å². The Morgan fingerprint density at radius 1 is 1.29 bits per heavy atom.